The van der Waals surface area contributed by atoms with Crippen LogP contribution in [0.5, 0.6) is 0 Å². The number of methoxy groups -OCH3 is 1. The molecule has 18 heavy (non-hydrogen) atoms. The van der Waals surface area contributed by atoms with Crippen molar-refractivity contribution in [2.45, 2.75) is 32.8 Å². The number of esters is 1. The largest absolute Gasteiger partial charge is 0.465 e. The number of carbonyl (C=O) groups excluding carboxylic acids is 1. The topological polar surface area (TPSA) is 35.5 Å². The summed E-state index contributed by atoms with van der Waals surface area (Å²) in [4.78, 5) is 11.3. The fraction of sp³-hybridized carbons (Fsp3) is 0.500. The van der Waals surface area contributed by atoms with Crippen molar-refractivity contribution in [3.63, 3.8) is 0 Å². The molecule has 0 saturated heterocycles. The minimum Gasteiger partial charge on any atom is -0.465 e. The monoisotopic (exact) mass is 314 g/mol. The van der Waals surface area contributed by atoms with Crippen LogP contribution in [-0.4, -0.2) is 19.7 Å². The van der Waals surface area contributed by atoms with E-state index in [0.29, 0.717) is 12.2 Å². The standard InChI is InChI=1S/C14H19BrO3/c1-3-4-5-8-18-10-12-7-6-11(9-13(12)15)14(16)17-2/h6-7,9H,3-5,8,10H2,1-2H3. The maximum Gasteiger partial charge on any atom is 0.337 e. The Bertz CT molecular complexity index is 391. The first-order valence-corrected chi connectivity index (χ1v) is 6.92. The van der Waals surface area contributed by atoms with Crippen molar-refractivity contribution in [1.29, 1.82) is 0 Å². The molecular formula is C14H19BrO3. The molecule has 0 saturated carbocycles. The van der Waals surface area contributed by atoms with Crippen molar-refractivity contribution in [2.75, 3.05) is 13.7 Å². The fourth-order valence-electron chi connectivity index (χ4n) is 1.55. The van der Waals surface area contributed by atoms with E-state index in [4.69, 9.17) is 4.74 Å². The number of rotatable bonds is 7. The first-order valence-electron chi connectivity index (χ1n) is 6.13. The molecule has 0 bridgehead atoms. The summed E-state index contributed by atoms with van der Waals surface area (Å²) in [6.45, 7) is 3.51. The quantitative estimate of drug-likeness (QED) is 0.565. The normalized spacial score (nSPS) is 10.4. The zero-order valence-electron chi connectivity index (χ0n) is 10.9. The number of carbonyl (C=O) groups is 1. The number of unbranched alkanes of at least 4 members (excludes halogenated alkanes) is 2. The predicted molar refractivity (Wildman–Crippen MR) is 74.7 cm³/mol. The van der Waals surface area contributed by atoms with Crippen molar-refractivity contribution in [1.82, 2.24) is 0 Å². The summed E-state index contributed by atoms with van der Waals surface area (Å²) in [5, 5.41) is 0. The van der Waals surface area contributed by atoms with Gasteiger partial charge in [0, 0.05) is 11.1 Å². The van der Waals surface area contributed by atoms with Crippen LogP contribution in [0, 0.1) is 0 Å². The van der Waals surface area contributed by atoms with Crippen LogP contribution in [0.2, 0.25) is 0 Å². The van der Waals surface area contributed by atoms with Crippen LogP contribution in [0.3, 0.4) is 0 Å². The molecule has 1 rings (SSSR count). The summed E-state index contributed by atoms with van der Waals surface area (Å²) in [6.07, 6.45) is 3.48. The summed E-state index contributed by atoms with van der Waals surface area (Å²) in [5.74, 6) is -0.328. The summed E-state index contributed by atoms with van der Waals surface area (Å²) in [5.41, 5.74) is 1.58. The van der Waals surface area contributed by atoms with E-state index in [0.717, 1.165) is 23.1 Å². The molecule has 0 amide bonds. The second-order valence-electron chi connectivity index (χ2n) is 4.06. The van der Waals surface area contributed by atoms with Crippen LogP contribution < -0.4 is 0 Å². The van der Waals surface area contributed by atoms with E-state index in [-0.39, 0.29) is 5.97 Å². The van der Waals surface area contributed by atoms with Gasteiger partial charge >= 0.3 is 5.97 Å². The van der Waals surface area contributed by atoms with Crippen LogP contribution in [-0.2, 0) is 16.1 Å². The zero-order valence-corrected chi connectivity index (χ0v) is 12.5. The molecule has 0 unspecified atom stereocenters. The van der Waals surface area contributed by atoms with Gasteiger partial charge in [-0.1, -0.05) is 41.8 Å². The first kappa shape index (κ1) is 15.2. The van der Waals surface area contributed by atoms with E-state index in [1.54, 1.807) is 12.1 Å². The second-order valence-corrected chi connectivity index (χ2v) is 4.91. The molecule has 0 aliphatic rings. The molecule has 0 fully saturated rings. The van der Waals surface area contributed by atoms with E-state index in [1.807, 2.05) is 6.07 Å². The third-order valence-electron chi connectivity index (χ3n) is 2.62. The lowest BCUT2D eigenvalue weighted by atomic mass is 10.1. The Morgan fingerprint density at radius 3 is 2.72 bits per heavy atom. The fourth-order valence-corrected chi connectivity index (χ4v) is 2.04. The molecule has 0 aliphatic carbocycles. The lowest BCUT2D eigenvalue weighted by Gasteiger charge is -2.07. The lowest BCUT2D eigenvalue weighted by Crippen LogP contribution is -2.02. The molecule has 3 nitrogen and oxygen atoms in total. The minimum absolute atomic E-state index is 0.328. The number of ether oxygens (including phenoxy) is 2. The molecule has 0 heterocycles. The smallest absolute Gasteiger partial charge is 0.337 e. The Morgan fingerprint density at radius 2 is 2.11 bits per heavy atom. The molecule has 1 aromatic carbocycles. The van der Waals surface area contributed by atoms with Crippen LogP contribution in [0.1, 0.15) is 42.1 Å². The third-order valence-corrected chi connectivity index (χ3v) is 3.36. The maximum absolute atomic E-state index is 11.3. The molecule has 0 atom stereocenters. The summed E-state index contributed by atoms with van der Waals surface area (Å²) in [7, 11) is 1.38. The van der Waals surface area contributed by atoms with Gasteiger partial charge in [0.05, 0.1) is 19.3 Å². The summed E-state index contributed by atoms with van der Waals surface area (Å²) in [6, 6.07) is 5.40. The Morgan fingerprint density at radius 1 is 1.33 bits per heavy atom. The van der Waals surface area contributed by atoms with Crippen molar-refractivity contribution in [2.24, 2.45) is 0 Å². The maximum atomic E-state index is 11.3. The molecule has 0 aromatic heterocycles. The van der Waals surface area contributed by atoms with Crippen molar-refractivity contribution >= 4 is 21.9 Å². The van der Waals surface area contributed by atoms with E-state index in [1.165, 1.54) is 20.0 Å². The number of hydrogen-bond acceptors (Lipinski definition) is 3. The SMILES string of the molecule is CCCCCOCc1ccc(C(=O)OC)cc1Br. The van der Waals surface area contributed by atoms with Crippen LogP contribution in [0.25, 0.3) is 0 Å². The molecule has 100 valence electrons. The van der Waals surface area contributed by atoms with Gasteiger partial charge in [0.15, 0.2) is 0 Å². The molecule has 0 aliphatic heterocycles. The van der Waals surface area contributed by atoms with Gasteiger partial charge < -0.3 is 9.47 Å². The minimum atomic E-state index is -0.328. The highest BCUT2D eigenvalue weighted by Gasteiger charge is 2.08. The van der Waals surface area contributed by atoms with Gasteiger partial charge in [-0.2, -0.15) is 0 Å². The molecule has 0 N–H and O–H groups in total. The van der Waals surface area contributed by atoms with Gasteiger partial charge in [-0.15, -0.1) is 0 Å². The highest BCUT2D eigenvalue weighted by molar-refractivity contribution is 9.10. The lowest BCUT2D eigenvalue weighted by molar-refractivity contribution is 0.0600. The van der Waals surface area contributed by atoms with Crippen LogP contribution in [0.15, 0.2) is 22.7 Å². The van der Waals surface area contributed by atoms with Gasteiger partial charge in [-0.3, -0.25) is 0 Å². The molecule has 0 spiro atoms. The van der Waals surface area contributed by atoms with E-state index in [2.05, 4.69) is 27.6 Å². The zero-order chi connectivity index (χ0) is 13.4. The van der Waals surface area contributed by atoms with E-state index < -0.39 is 0 Å². The van der Waals surface area contributed by atoms with Crippen LogP contribution >= 0.6 is 15.9 Å². The van der Waals surface area contributed by atoms with Gasteiger partial charge in [-0.25, -0.2) is 4.79 Å². The molecule has 0 radical (unpaired) electrons. The summed E-state index contributed by atoms with van der Waals surface area (Å²) < 4.78 is 11.1. The Kier molecular flexibility index (Phi) is 6.98. The Hall–Kier alpha value is -0.870. The van der Waals surface area contributed by atoms with Crippen molar-refractivity contribution in [3.8, 4) is 0 Å². The van der Waals surface area contributed by atoms with E-state index in [9.17, 15) is 4.79 Å². The summed E-state index contributed by atoms with van der Waals surface area (Å²) >= 11 is 3.44. The second kappa shape index (κ2) is 8.27. The van der Waals surface area contributed by atoms with Crippen molar-refractivity contribution < 1.29 is 14.3 Å². The van der Waals surface area contributed by atoms with Gasteiger partial charge in [0.25, 0.3) is 0 Å². The van der Waals surface area contributed by atoms with E-state index >= 15 is 0 Å². The highest BCUT2D eigenvalue weighted by Crippen LogP contribution is 2.20. The third kappa shape index (κ3) is 4.78. The molecule has 1 aromatic rings. The van der Waals surface area contributed by atoms with Gasteiger partial charge in [0.1, 0.15) is 0 Å². The van der Waals surface area contributed by atoms with Crippen molar-refractivity contribution in [3.05, 3.63) is 33.8 Å². The molecule has 4 heteroatoms. The van der Waals surface area contributed by atoms with Gasteiger partial charge in [-0.05, 0) is 24.1 Å². The van der Waals surface area contributed by atoms with Gasteiger partial charge in [0.2, 0.25) is 0 Å². The Labute approximate surface area is 117 Å². The van der Waals surface area contributed by atoms with Crippen LogP contribution in [0.4, 0.5) is 0 Å². The first-order chi connectivity index (χ1) is 8.69. The number of hydrogen-bond donors (Lipinski definition) is 0. The number of benzene rings is 1. The highest BCUT2D eigenvalue weighted by atomic mass is 79.9. The average Bonchev–Trinajstić information content (AvgIpc) is 2.39. The Balaban J connectivity index is 2.49. The average molecular weight is 315 g/mol. The predicted octanol–water partition coefficient (Wildman–Crippen LogP) is 3.94. The number of halogens is 1. The molecular weight excluding hydrogens is 296 g/mol.